The maximum absolute atomic E-state index is 12.2. The molecule has 1 aliphatic carbocycles. The lowest BCUT2D eigenvalue weighted by molar-refractivity contribution is 0.0977. The lowest BCUT2D eigenvalue weighted by Gasteiger charge is -2.07. The molecule has 2 aromatic carbocycles. The molecular weight excluding hydrogens is 276 g/mol. The zero-order valence-corrected chi connectivity index (χ0v) is 11.0. The number of Topliss-reactive ketones (excluding diaryl/α,β-unsaturated/α-hetero) is 1. The minimum atomic E-state index is 0.288. The van der Waals surface area contributed by atoms with Gasteiger partial charge in [0.2, 0.25) is 0 Å². The minimum Gasteiger partial charge on any atom is -0.294 e. The summed E-state index contributed by atoms with van der Waals surface area (Å²) >= 11 is 3.53. The highest BCUT2D eigenvalue weighted by Gasteiger charge is 2.25. The Morgan fingerprint density at radius 1 is 1.12 bits per heavy atom. The third kappa shape index (κ3) is 2.14. The molecule has 0 aliphatic heterocycles. The Labute approximate surface area is 109 Å². The fraction of sp³-hybridized carbons (Fsp3) is 0.267. The molecule has 0 heterocycles. The number of carbonyl (C=O) groups is 1. The average Bonchev–Trinajstić information content (AvgIpc) is 3.14. The topological polar surface area (TPSA) is 17.1 Å². The van der Waals surface area contributed by atoms with Crippen molar-refractivity contribution in [3.8, 4) is 0 Å². The van der Waals surface area contributed by atoms with E-state index in [2.05, 4.69) is 15.9 Å². The van der Waals surface area contributed by atoms with Crippen LogP contribution in [0.5, 0.6) is 0 Å². The van der Waals surface area contributed by atoms with E-state index in [4.69, 9.17) is 0 Å². The Balaban J connectivity index is 2.09. The number of hydrogen-bond acceptors (Lipinski definition) is 1. The van der Waals surface area contributed by atoms with Gasteiger partial charge in [-0.2, -0.15) is 0 Å². The van der Waals surface area contributed by atoms with Gasteiger partial charge in [0.1, 0.15) is 0 Å². The number of fused-ring (bicyclic) bond motifs is 1. The Bertz CT molecular complexity index is 584. The molecule has 0 aromatic heterocycles. The molecule has 86 valence electrons. The molecule has 0 saturated heterocycles. The first kappa shape index (κ1) is 11.0. The first-order valence-electron chi connectivity index (χ1n) is 5.96. The summed E-state index contributed by atoms with van der Waals surface area (Å²) in [6.45, 7) is 0. The van der Waals surface area contributed by atoms with Gasteiger partial charge in [0, 0.05) is 16.5 Å². The standard InChI is InChI=1S/C15H13BrO/c16-14-8-7-13(15(17)9-10-5-6-10)11-3-1-2-4-12(11)14/h1-4,7-8,10H,5-6,9H2. The molecule has 1 fully saturated rings. The Morgan fingerprint density at radius 3 is 2.53 bits per heavy atom. The van der Waals surface area contributed by atoms with Gasteiger partial charge in [-0.1, -0.05) is 40.2 Å². The predicted octanol–water partition coefficient (Wildman–Crippen LogP) is 4.59. The second-order valence-electron chi connectivity index (χ2n) is 4.71. The van der Waals surface area contributed by atoms with Gasteiger partial charge in [0.15, 0.2) is 5.78 Å². The van der Waals surface area contributed by atoms with E-state index in [1.165, 1.54) is 12.8 Å². The number of rotatable bonds is 3. The highest BCUT2D eigenvalue weighted by atomic mass is 79.9. The predicted molar refractivity (Wildman–Crippen MR) is 73.3 cm³/mol. The molecule has 0 spiro atoms. The van der Waals surface area contributed by atoms with Crippen LogP contribution in [-0.4, -0.2) is 5.78 Å². The average molecular weight is 289 g/mol. The van der Waals surface area contributed by atoms with Gasteiger partial charge in [-0.05, 0) is 41.7 Å². The van der Waals surface area contributed by atoms with Crippen molar-refractivity contribution < 1.29 is 4.79 Å². The summed E-state index contributed by atoms with van der Waals surface area (Å²) in [7, 11) is 0. The van der Waals surface area contributed by atoms with E-state index in [0.717, 1.165) is 20.8 Å². The number of hydrogen-bond donors (Lipinski definition) is 0. The van der Waals surface area contributed by atoms with Crippen LogP contribution in [0.4, 0.5) is 0 Å². The van der Waals surface area contributed by atoms with Crippen molar-refractivity contribution in [3.63, 3.8) is 0 Å². The van der Waals surface area contributed by atoms with Gasteiger partial charge in [0.25, 0.3) is 0 Å². The van der Waals surface area contributed by atoms with Crippen molar-refractivity contribution in [2.75, 3.05) is 0 Å². The fourth-order valence-electron chi connectivity index (χ4n) is 2.20. The van der Waals surface area contributed by atoms with Crippen LogP contribution in [0.1, 0.15) is 29.6 Å². The largest absolute Gasteiger partial charge is 0.294 e. The lowest BCUT2D eigenvalue weighted by Crippen LogP contribution is -2.01. The van der Waals surface area contributed by atoms with Crippen LogP contribution in [0.15, 0.2) is 40.9 Å². The number of halogens is 1. The van der Waals surface area contributed by atoms with Crippen LogP contribution in [0, 0.1) is 5.92 Å². The molecule has 17 heavy (non-hydrogen) atoms. The van der Waals surface area contributed by atoms with Crippen LogP contribution in [0.3, 0.4) is 0 Å². The summed E-state index contributed by atoms with van der Waals surface area (Å²) in [4.78, 5) is 12.2. The maximum atomic E-state index is 12.2. The third-order valence-corrected chi connectivity index (χ3v) is 4.03. The summed E-state index contributed by atoms with van der Waals surface area (Å²) in [6.07, 6.45) is 3.16. The maximum Gasteiger partial charge on any atom is 0.163 e. The number of ketones is 1. The van der Waals surface area contributed by atoms with Crippen molar-refractivity contribution >= 4 is 32.5 Å². The van der Waals surface area contributed by atoms with Crippen LogP contribution in [0.2, 0.25) is 0 Å². The highest BCUT2D eigenvalue weighted by molar-refractivity contribution is 9.10. The van der Waals surface area contributed by atoms with E-state index in [1.54, 1.807) is 0 Å². The van der Waals surface area contributed by atoms with Gasteiger partial charge < -0.3 is 0 Å². The van der Waals surface area contributed by atoms with Gasteiger partial charge in [-0.15, -0.1) is 0 Å². The summed E-state index contributed by atoms with van der Waals surface area (Å²) in [6, 6.07) is 12.0. The zero-order chi connectivity index (χ0) is 11.8. The van der Waals surface area contributed by atoms with Crippen LogP contribution >= 0.6 is 15.9 Å². The molecule has 1 aliphatic rings. The van der Waals surface area contributed by atoms with Crippen molar-refractivity contribution in [1.82, 2.24) is 0 Å². The molecule has 3 rings (SSSR count). The first-order chi connectivity index (χ1) is 8.25. The highest BCUT2D eigenvalue weighted by Crippen LogP contribution is 2.35. The normalized spacial score (nSPS) is 15.1. The van der Waals surface area contributed by atoms with Crippen LogP contribution < -0.4 is 0 Å². The molecule has 2 aromatic rings. The van der Waals surface area contributed by atoms with Crippen molar-refractivity contribution in [2.45, 2.75) is 19.3 Å². The van der Waals surface area contributed by atoms with Crippen molar-refractivity contribution in [3.05, 3.63) is 46.4 Å². The smallest absolute Gasteiger partial charge is 0.163 e. The molecule has 1 nitrogen and oxygen atoms in total. The summed E-state index contributed by atoms with van der Waals surface area (Å²) in [5.74, 6) is 0.932. The Kier molecular flexibility index (Phi) is 2.75. The zero-order valence-electron chi connectivity index (χ0n) is 9.45. The Morgan fingerprint density at radius 2 is 1.82 bits per heavy atom. The SMILES string of the molecule is O=C(CC1CC1)c1ccc(Br)c2ccccc12. The molecule has 0 N–H and O–H groups in total. The summed E-state index contributed by atoms with van der Waals surface area (Å²) < 4.78 is 1.05. The molecule has 2 heteroatoms. The van der Waals surface area contributed by atoms with E-state index < -0.39 is 0 Å². The molecule has 0 atom stereocenters. The minimum absolute atomic E-state index is 0.288. The molecule has 1 saturated carbocycles. The fourth-order valence-corrected chi connectivity index (χ4v) is 2.68. The third-order valence-electron chi connectivity index (χ3n) is 3.34. The van der Waals surface area contributed by atoms with Crippen LogP contribution in [0.25, 0.3) is 10.8 Å². The molecular formula is C15H13BrO. The lowest BCUT2D eigenvalue weighted by atomic mass is 9.99. The summed E-state index contributed by atoms with van der Waals surface area (Å²) in [5, 5.41) is 2.18. The molecule has 0 radical (unpaired) electrons. The summed E-state index contributed by atoms with van der Waals surface area (Å²) in [5.41, 5.74) is 0.871. The van der Waals surface area contributed by atoms with E-state index in [9.17, 15) is 4.79 Å². The van der Waals surface area contributed by atoms with Crippen LogP contribution in [-0.2, 0) is 0 Å². The second kappa shape index (κ2) is 4.26. The van der Waals surface area contributed by atoms with Gasteiger partial charge >= 0.3 is 0 Å². The van der Waals surface area contributed by atoms with E-state index in [1.807, 2.05) is 36.4 Å². The van der Waals surface area contributed by atoms with E-state index in [0.29, 0.717) is 12.3 Å². The Hall–Kier alpha value is -1.15. The molecule has 0 bridgehead atoms. The monoisotopic (exact) mass is 288 g/mol. The molecule has 0 amide bonds. The second-order valence-corrected chi connectivity index (χ2v) is 5.57. The molecule has 0 unspecified atom stereocenters. The van der Waals surface area contributed by atoms with Crippen molar-refractivity contribution in [1.29, 1.82) is 0 Å². The number of carbonyl (C=O) groups excluding carboxylic acids is 1. The quantitative estimate of drug-likeness (QED) is 0.755. The van der Waals surface area contributed by atoms with E-state index in [-0.39, 0.29) is 5.78 Å². The van der Waals surface area contributed by atoms with Gasteiger partial charge in [0.05, 0.1) is 0 Å². The first-order valence-corrected chi connectivity index (χ1v) is 6.75. The van der Waals surface area contributed by atoms with E-state index >= 15 is 0 Å². The number of benzene rings is 2. The van der Waals surface area contributed by atoms with Gasteiger partial charge in [-0.3, -0.25) is 4.79 Å². The van der Waals surface area contributed by atoms with Crippen molar-refractivity contribution in [2.24, 2.45) is 5.92 Å². The van der Waals surface area contributed by atoms with Gasteiger partial charge in [-0.25, -0.2) is 0 Å².